The van der Waals surface area contributed by atoms with E-state index in [1.165, 1.54) is 6.20 Å². The summed E-state index contributed by atoms with van der Waals surface area (Å²) in [5.74, 6) is 0.867. The van der Waals surface area contributed by atoms with E-state index in [9.17, 15) is 9.59 Å². The van der Waals surface area contributed by atoms with Crippen LogP contribution in [0.2, 0.25) is 0 Å². The lowest BCUT2D eigenvalue weighted by atomic mass is 10.1. The number of para-hydroxylation sites is 1. The van der Waals surface area contributed by atoms with Gasteiger partial charge in [0.05, 0.1) is 5.69 Å². The monoisotopic (exact) mass is 323 g/mol. The second kappa shape index (κ2) is 6.49. The number of amides is 1. The molecule has 0 aliphatic heterocycles. The van der Waals surface area contributed by atoms with Crippen molar-refractivity contribution in [3.8, 4) is 5.69 Å². The van der Waals surface area contributed by atoms with Gasteiger partial charge in [0.25, 0.3) is 11.5 Å². The summed E-state index contributed by atoms with van der Waals surface area (Å²) in [7, 11) is 0. The van der Waals surface area contributed by atoms with Crippen LogP contribution in [-0.2, 0) is 6.54 Å². The Morgan fingerprint density at radius 1 is 1.25 bits per heavy atom. The maximum absolute atomic E-state index is 12.2. The van der Waals surface area contributed by atoms with E-state index >= 15 is 0 Å². The highest BCUT2D eigenvalue weighted by Crippen LogP contribution is 2.16. The molecule has 0 radical (unpaired) electrons. The van der Waals surface area contributed by atoms with Crippen LogP contribution in [0.25, 0.3) is 5.69 Å². The largest absolute Gasteiger partial charge is 0.348 e. The minimum absolute atomic E-state index is 0.00288. The number of H-pyrrole nitrogens is 1. The molecule has 2 heterocycles. The number of carbonyl (C=O) groups excluding carboxylic acids is 1. The summed E-state index contributed by atoms with van der Waals surface area (Å²) >= 11 is 0. The zero-order valence-corrected chi connectivity index (χ0v) is 13.4. The summed E-state index contributed by atoms with van der Waals surface area (Å²) in [4.78, 5) is 34.7. The Hall–Kier alpha value is -3.22. The molecule has 1 amide bonds. The summed E-state index contributed by atoms with van der Waals surface area (Å²) in [5, 5.41) is 2.76. The van der Waals surface area contributed by atoms with Crippen LogP contribution < -0.4 is 10.9 Å². The zero-order valence-electron chi connectivity index (χ0n) is 13.4. The molecule has 7 nitrogen and oxygen atoms in total. The highest BCUT2D eigenvalue weighted by atomic mass is 16.2. The first-order chi connectivity index (χ1) is 11.6. The quantitative estimate of drug-likeness (QED) is 0.761. The molecule has 0 saturated carbocycles. The van der Waals surface area contributed by atoms with Gasteiger partial charge in [0.1, 0.15) is 17.2 Å². The molecule has 0 spiro atoms. The fourth-order valence-electron chi connectivity index (χ4n) is 2.44. The second-order valence-electron chi connectivity index (χ2n) is 5.37. The first-order valence-electron chi connectivity index (χ1n) is 7.48. The van der Waals surface area contributed by atoms with Gasteiger partial charge >= 0.3 is 0 Å². The van der Waals surface area contributed by atoms with Gasteiger partial charge < -0.3 is 14.9 Å². The summed E-state index contributed by atoms with van der Waals surface area (Å²) in [6.07, 6.45) is 4.88. The number of rotatable bonds is 4. The fraction of sp³-hybridized carbons (Fsp3) is 0.176. The van der Waals surface area contributed by atoms with Gasteiger partial charge in [0.2, 0.25) is 0 Å². The van der Waals surface area contributed by atoms with Crippen LogP contribution in [-0.4, -0.2) is 25.4 Å². The molecular formula is C17H17N5O2. The smallest absolute Gasteiger partial charge is 0.263 e. The molecule has 0 atom stereocenters. The van der Waals surface area contributed by atoms with Gasteiger partial charge in [-0.15, -0.1) is 0 Å². The number of nitrogens with zero attached hydrogens (tertiary/aromatic N) is 3. The third kappa shape index (κ3) is 3.10. The maximum atomic E-state index is 12.2. The molecule has 0 aliphatic carbocycles. The van der Waals surface area contributed by atoms with Gasteiger partial charge in [0, 0.05) is 25.1 Å². The van der Waals surface area contributed by atoms with E-state index in [1.807, 2.05) is 42.0 Å². The maximum Gasteiger partial charge on any atom is 0.263 e. The Kier molecular flexibility index (Phi) is 4.24. The molecule has 7 heteroatoms. The van der Waals surface area contributed by atoms with E-state index in [-0.39, 0.29) is 5.56 Å². The first kappa shape index (κ1) is 15.7. The van der Waals surface area contributed by atoms with Crippen molar-refractivity contribution in [3.05, 3.63) is 76.0 Å². The van der Waals surface area contributed by atoms with Crippen molar-refractivity contribution in [1.82, 2.24) is 24.8 Å². The normalized spacial score (nSPS) is 10.6. The highest BCUT2D eigenvalue weighted by molar-refractivity contribution is 5.93. The third-order valence-electron chi connectivity index (χ3n) is 3.69. The van der Waals surface area contributed by atoms with Crippen molar-refractivity contribution in [2.75, 3.05) is 0 Å². The molecule has 0 unspecified atom stereocenters. The van der Waals surface area contributed by atoms with Crippen molar-refractivity contribution in [2.45, 2.75) is 20.4 Å². The van der Waals surface area contributed by atoms with Crippen LogP contribution in [0.3, 0.4) is 0 Å². The fourth-order valence-corrected chi connectivity index (χ4v) is 2.44. The van der Waals surface area contributed by atoms with Crippen LogP contribution in [0.5, 0.6) is 0 Å². The molecule has 3 rings (SSSR count). The number of benzene rings is 1. The van der Waals surface area contributed by atoms with Gasteiger partial charge in [-0.05, 0) is 25.5 Å². The molecular weight excluding hydrogens is 306 g/mol. The van der Waals surface area contributed by atoms with Gasteiger partial charge in [-0.25, -0.2) is 9.97 Å². The van der Waals surface area contributed by atoms with E-state index in [1.54, 1.807) is 13.1 Å². The predicted molar refractivity (Wildman–Crippen MR) is 89.1 cm³/mol. The Morgan fingerprint density at radius 2 is 2.04 bits per heavy atom. The molecule has 0 aliphatic rings. The number of aromatic amines is 1. The topological polar surface area (TPSA) is 92.7 Å². The van der Waals surface area contributed by atoms with Crippen LogP contribution >= 0.6 is 0 Å². The Morgan fingerprint density at radius 3 is 2.75 bits per heavy atom. The van der Waals surface area contributed by atoms with E-state index in [0.29, 0.717) is 12.4 Å². The van der Waals surface area contributed by atoms with Crippen molar-refractivity contribution in [1.29, 1.82) is 0 Å². The Labute approximate surface area is 138 Å². The second-order valence-corrected chi connectivity index (χ2v) is 5.37. The van der Waals surface area contributed by atoms with E-state index in [0.717, 1.165) is 17.1 Å². The number of hydrogen-bond acceptors (Lipinski definition) is 4. The standard InChI is InChI=1S/C17H17N5O2/c1-11-19-10-14(17(24)21-11)16(23)20-9-13-5-3-4-6-15(13)22-8-7-18-12(22)2/h3-8,10H,9H2,1-2H3,(H,20,23)(H,19,21,24). The van der Waals surface area contributed by atoms with Crippen molar-refractivity contribution in [2.24, 2.45) is 0 Å². The van der Waals surface area contributed by atoms with Crippen molar-refractivity contribution < 1.29 is 4.79 Å². The lowest BCUT2D eigenvalue weighted by Gasteiger charge is -2.12. The third-order valence-corrected chi connectivity index (χ3v) is 3.69. The molecule has 0 fully saturated rings. The van der Waals surface area contributed by atoms with Crippen LogP contribution in [0.1, 0.15) is 27.6 Å². The molecule has 0 bridgehead atoms. The average Bonchev–Trinajstić information content (AvgIpc) is 2.99. The van der Waals surface area contributed by atoms with Crippen molar-refractivity contribution >= 4 is 5.91 Å². The Balaban J connectivity index is 1.82. The number of imidazole rings is 1. The lowest BCUT2D eigenvalue weighted by molar-refractivity contribution is 0.0949. The first-order valence-corrected chi connectivity index (χ1v) is 7.48. The van der Waals surface area contributed by atoms with Crippen LogP contribution in [0.15, 0.2) is 47.7 Å². The zero-order chi connectivity index (χ0) is 17.1. The molecule has 2 N–H and O–H groups in total. The number of nitrogens with one attached hydrogen (secondary N) is 2. The van der Waals surface area contributed by atoms with Crippen molar-refractivity contribution in [3.63, 3.8) is 0 Å². The van der Waals surface area contributed by atoms with Gasteiger partial charge in [0.15, 0.2) is 0 Å². The summed E-state index contributed by atoms with van der Waals surface area (Å²) in [6.45, 7) is 3.86. The molecule has 3 aromatic rings. The molecule has 1 aromatic carbocycles. The highest BCUT2D eigenvalue weighted by Gasteiger charge is 2.12. The Bertz CT molecular complexity index is 942. The number of hydrogen-bond donors (Lipinski definition) is 2. The predicted octanol–water partition coefficient (Wildman–Crippen LogP) is 1.50. The minimum atomic E-state index is -0.457. The van der Waals surface area contributed by atoms with Gasteiger partial charge in [-0.2, -0.15) is 0 Å². The molecule has 0 saturated heterocycles. The van der Waals surface area contributed by atoms with Crippen LogP contribution in [0.4, 0.5) is 0 Å². The minimum Gasteiger partial charge on any atom is -0.348 e. The summed E-state index contributed by atoms with van der Waals surface area (Å²) < 4.78 is 1.95. The van der Waals surface area contributed by atoms with E-state index in [2.05, 4.69) is 20.3 Å². The van der Waals surface area contributed by atoms with Crippen LogP contribution in [0, 0.1) is 13.8 Å². The van der Waals surface area contributed by atoms with E-state index in [4.69, 9.17) is 0 Å². The molecule has 2 aromatic heterocycles. The average molecular weight is 323 g/mol. The van der Waals surface area contributed by atoms with E-state index < -0.39 is 11.5 Å². The summed E-state index contributed by atoms with van der Waals surface area (Å²) in [5.41, 5.74) is 1.41. The molecule has 122 valence electrons. The number of carbonyl (C=O) groups is 1. The van der Waals surface area contributed by atoms with Gasteiger partial charge in [-0.1, -0.05) is 18.2 Å². The number of aromatic nitrogens is 4. The van der Waals surface area contributed by atoms with Gasteiger partial charge in [-0.3, -0.25) is 9.59 Å². The lowest BCUT2D eigenvalue weighted by Crippen LogP contribution is -2.30. The summed E-state index contributed by atoms with van der Waals surface area (Å²) in [6, 6.07) is 7.70. The number of aryl methyl sites for hydroxylation is 2. The SMILES string of the molecule is Cc1ncc(C(=O)NCc2ccccc2-n2ccnc2C)c(=O)[nH]1. The molecule has 24 heavy (non-hydrogen) atoms.